The molecule has 1 spiro atoms. The lowest BCUT2D eigenvalue weighted by Gasteiger charge is -2.44. The third kappa shape index (κ3) is 2.57. The highest BCUT2D eigenvalue weighted by Gasteiger charge is 2.59. The Morgan fingerprint density at radius 1 is 1.21 bits per heavy atom. The van der Waals surface area contributed by atoms with Crippen molar-refractivity contribution < 1.29 is 0 Å². The molecule has 2 N–H and O–H groups in total. The summed E-state index contributed by atoms with van der Waals surface area (Å²) >= 11 is 6.58. The Hall–Kier alpha value is -2.11. The first-order valence-corrected chi connectivity index (χ1v) is 11.0. The minimum Gasteiger partial charge on any atom is -0.355 e. The quantitative estimate of drug-likeness (QED) is 0.687. The summed E-state index contributed by atoms with van der Waals surface area (Å²) in [6.45, 7) is 4.06. The summed E-state index contributed by atoms with van der Waals surface area (Å²) in [5.41, 5.74) is 10.1. The summed E-state index contributed by atoms with van der Waals surface area (Å²) in [5.74, 6) is 3.60. The molecule has 6 heteroatoms. The van der Waals surface area contributed by atoms with E-state index in [4.69, 9.17) is 27.3 Å². The van der Waals surface area contributed by atoms with Gasteiger partial charge >= 0.3 is 0 Å². The molecule has 5 nitrogen and oxygen atoms in total. The van der Waals surface area contributed by atoms with Gasteiger partial charge in [0.1, 0.15) is 11.3 Å². The molecule has 3 aromatic rings. The van der Waals surface area contributed by atoms with Crippen LogP contribution in [0.3, 0.4) is 0 Å². The smallest absolute Gasteiger partial charge is 0.154 e. The van der Waals surface area contributed by atoms with E-state index in [1.165, 1.54) is 25.7 Å². The van der Waals surface area contributed by atoms with Crippen molar-refractivity contribution in [3.05, 3.63) is 47.4 Å². The first-order valence-electron chi connectivity index (χ1n) is 10.7. The maximum absolute atomic E-state index is 6.64. The molecule has 3 heterocycles. The van der Waals surface area contributed by atoms with E-state index in [1.807, 2.05) is 43.7 Å². The van der Waals surface area contributed by atoms with Gasteiger partial charge in [-0.1, -0.05) is 23.7 Å². The lowest BCUT2D eigenvalue weighted by molar-refractivity contribution is 0.172. The van der Waals surface area contributed by atoms with Gasteiger partial charge in [-0.25, -0.2) is 9.97 Å². The normalized spacial score (nSPS) is 27.6. The summed E-state index contributed by atoms with van der Waals surface area (Å²) < 4.78 is 2.11. The number of rotatable bonds is 2. The van der Waals surface area contributed by atoms with Gasteiger partial charge in [-0.15, -0.1) is 0 Å². The van der Waals surface area contributed by atoms with Crippen LogP contribution in [0.15, 0.2) is 36.8 Å². The van der Waals surface area contributed by atoms with Crippen molar-refractivity contribution in [1.82, 2.24) is 14.4 Å². The molecule has 1 aromatic carbocycles. The van der Waals surface area contributed by atoms with E-state index >= 15 is 0 Å². The molecule has 0 radical (unpaired) electrons. The fraction of sp³-hybridized carbons (Fsp3) is 0.478. The van der Waals surface area contributed by atoms with E-state index in [9.17, 15) is 0 Å². The van der Waals surface area contributed by atoms with Crippen LogP contribution in [0.2, 0.25) is 5.02 Å². The van der Waals surface area contributed by atoms with Crippen LogP contribution >= 0.6 is 11.6 Å². The first-order chi connectivity index (χ1) is 14.1. The molecule has 150 valence electrons. The summed E-state index contributed by atoms with van der Waals surface area (Å²) in [5, 5.41) is 0.757. The Labute approximate surface area is 175 Å². The molecule has 2 aromatic heterocycles. The van der Waals surface area contributed by atoms with E-state index in [-0.39, 0.29) is 0 Å². The van der Waals surface area contributed by atoms with E-state index in [0.717, 1.165) is 58.2 Å². The van der Waals surface area contributed by atoms with Crippen LogP contribution in [-0.2, 0) is 0 Å². The molecule has 0 amide bonds. The summed E-state index contributed by atoms with van der Waals surface area (Å²) in [6, 6.07) is 6.49. The second-order valence-corrected chi connectivity index (χ2v) is 9.64. The van der Waals surface area contributed by atoms with Gasteiger partial charge in [0.25, 0.3) is 0 Å². The second kappa shape index (κ2) is 6.19. The molecule has 1 saturated heterocycles. The average molecular weight is 408 g/mol. The molecule has 3 atom stereocenters. The minimum absolute atomic E-state index is 0.371. The number of piperidine rings is 1. The fourth-order valence-electron chi connectivity index (χ4n) is 5.94. The van der Waals surface area contributed by atoms with Gasteiger partial charge in [0, 0.05) is 37.1 Å². The largest absolute Gasteiger partial charge is 0.355 e. The number of imidazole rings is 1. The molecule has 3 unspecified atom stereocenters. The zero-order valence-corrected chi connectivity index (χ0v) is 17.4. The van der Waals surface area contributed by atoms with Crippen LogP contribution in [-0.4, -0.2) is 33.5 Å². The summed E-state index contributed by atoms with van der Waals surface area (Å²) in [4.78, 5) is 11.9. The number of aromatic nitrogens is 3. The topological polar surface area (TPSA) is 59.5 Å². The van der Waals surface area contributed by atoms with Crippen molar-refractivity contribution in [3.8, 4) is 11.4 Å². The minimum atomic E-state index is 0.371. The molecule has 3 fully saturated rings. The molecule has 3 aliphatic rings. The zero-order chi connectivity index (χ0) is 19.8. The Balaban J connectivity index is 1.32. The van der Waals surface area contributed by atoms with Gasteiger partial charge < -0.3 is 10.6 Å². The number of aryl methyl sites for hydroxylation is 1. The number of anilines is 1. The SMILES string of the molecule is Cc1cccc(-c2ncc3c(N4CCC5(CC4)CC4CC4C5N)nccn23)c1Cl. The third-order valence-corrected chi connectivity index (χ3v) is 8.25. The van der Waals surface area contributed by atoms with E-state index in [0.29, 0.717) is 11.5 Å². The fourth-order valence-corrected chi connectivity index (χ4v) is 6.15. The third-order valence-electron chi connectivity index (χ3n) is 7.74. The number of hydrogen-bond acceptors (Lipinski definition) is 4. The Bertz CT molecular complexity index is 1100. The van der Waals surface area contributed by atoms with E-state index in [2.05, 4.69) is 9.30 Å². The predicted octanol–water partition coefficient (Wildman–Crippen LogP) is 4.31. The Morgan fingerprint density at radius 2 is 2.03 bits per heavy atom. The van der Waals surface area contributed by atoms with Gasteiger partial charge in [0.2, 0.25) is 0 Å². The van der Waals surface area contributed by atoms with Crippen molar-refractivity contribution in [2.75, 3.05) is 18.0 Å². The van der Waals surface area contributed by atoms with Crippen molar-refractivity contribution in [3.63, 3.8) is 0 Å². The maximum Gasteiger partial charge on any atom is 0.154 e. The summed E-state index contributed by atoms with van der Waals surface area (Å²) in [7, 11) is 0. The number of halogens is 1. The van der Waals surface area contributed by atoms with Gasteiger partial charge in [-0.2, -0.15) is 0 Å². The van der Waals surface area contributed by atoms with Gasteiger partial charge in [0.05, 0.1) is 11.2 Å². The van der Waals surface area contributed by atoms with Gasteiger partial charge in [-0.3, -0.25) is 4.40 Å². The molecule has 6 rings (SSSR count). The van der Waals surface area contributed by atoms with Crippen LogP contribution < -0.4 is 10.6 Å². The first kappa shape index (κ1) is 17.7. The lowest BCUT2D eigenvalue weighted by Crippen LogP contribution is -2.48. The number of nitrogens with two attached hydrogens (primary N) is 1. The van der Waals surface area contributed by atoms with Crippen molar-refractivity contribution in [1.29, 1.82) is 0 Å². The molecule has 1 aliphatic heterocycles. The van der Waals surface area contributed by atoms with Crippen LogP contribution in [0.4, 0.5) is 5.82 Å². The molecule has 29 heavy (non-hydrogen) atoms. The highest BCUT2D eigenvalue weighted by molar-refractivity contribution is 6.34. The summed E-state index contributed by atoms with van der Waals surface area (Å²) in [6.07, 6.45) is 10.8. The molecular formula is C23H26ClN5. The predicted molar refractivity (Wildman–Crippen MR) is 116 cm³/mol. The molecule has 2 aliphatic carbocycles. The van der Waals surface area contributed by atoms with E-state index < -0.39 is 0 Å². The zero-order valence-electron chi connectivity index (χ0n) is 16.7. The highest BCUT2D eigenvalue weighted by Crippen LogP contribution is 2.62. The van der Waals surface area contributed by atoms with Gasteiger partial charge in [-0.05, 0) is 61.5 Å². The average Bonchev–Trinajstić information content (AvgIpc) is 3.27. The maximum atomic E-state index is 6.64. The highest BCUT2D eigenvalue weighted by atomic mass is 35.5. The molecular weight excluding hydrogens is 382 g/mol. The van der Waals surface area contributed by atoms with Crippen molar-refractivity contribution in [2.45, 2.75) is 38.6 Å². The number of benzene rings is 1. The van der Waals surface area contributed by atoms with Crippen LogP contribution in [0.5, 0.6) is 0 Å². The monoisotopic (exact) mass is 407 g/mol. The Kier molecular flexibility index (Phi) is 3.78. The van der Waals surface area contributed by atoms with Crippen LogP contribution in [0, 0.1) is 24.2 Å². The van der Waals surface area contributed by atoms with Gasteiger partial charge in [0.15, 0.2) is 5.82 Å². The van der Waals surface area contributed by atoms with Crippen LogP contribution in [0.25, 0.3) is 16.9 Å². The Morgan fingerprint density at radius 3 is 2.79 bits per heavy atom. The second-order valence-electron chi connectivity index (χ2n) is 9.26. The van der Waals surface area contributed by atoms with Crippen molar-refractivity contribution in [2.24, 2.45) is 23.0 Å². The number of nitrogens with zero attached hydrogens (tertiary/aromatic N) is 4. The molecule has 2 saturated carbocycles. The van der Waals surface area contributed by atoms with Crippen LogP contribution in [0.1, 0.15) is 31.2 Å². The van der Waals surface area contributed by atoms with Crippen molar-refractivity contribution >= 4 is 22.9 Å². The number of fused-ring (bicyclic) bond motifs is 2. The number of hydrogen-bond donors (Lipinski definition) is 1. The van der Waals surface area contributed by atoms with E-state index in [1.54, 1.807) is 0 Å². The lowest BCUT2D eigenvalue weighted by atomic mass is 9.72. The standard InChI is InChI=1S/C23H26ClN5/c1-14-3-2-4-16(19(14)24)21-27-13-18-22(26-7-10-29(18)21)28-8-5-23(6-9-28)12-15-11-17(15)20(23)25/h2-4,7,10,13,15,17,20H,5-6,8-9,11-12,25H2,1H3. The molecule has 0 bridgehead atoms.